The van der Waals surface area contributed by atoms with Gasteiger partial charge in [0.1, 0.15) is 0 Å². The summed E-state index contributed by atoms with van der Waals surface area (Å²) in [6, 6.07) is 0. The first kappa shape index (κ1) is 11.4. The van der Waals surface area contributed by atoms with E-state index in [4.69, 9.17) is 5.53 Å². The third-order valence-corrected chi connectivity index (χ3v) is 6.26. The van der Waals surface area contributed by atoms with Gasteiger partial charge in [0.15, 0.2) is 0 Å². The Morgan fingerprint density at radius 1 is 1.18 bits per heavy atom. The molecule has 94 valence electrons. The normalized spacial score (nSPS) is 42.6. The average molecular weight is 233 g/mol. The summed E-state index contributed by atoms with van der Waals surface area (Å²) in [6.45, 7) is 2.24. The second-order valence-corrected chi connectivity index (χ2v) is 6.39. The molecule has 3 heteroatoms. The fourth-order valence-corrected chi connectivity index (χ4v) is 5.67. The van der Waals surface area contributed by atoms with E-state index in [0.717, 1.165) is 12.3 Å². The van der Waals surface area contributed by atoms with Crippen LogP contribution in [0.5, 0.6) is 0 Å². The van der Waals surface area contributed by atoms with Gasteiger partial charge in [-0.2, -0.15) is 0 Å². The Morgan fingerprint density at radius 3 is 2.53 bits per heavy atom. The number of hydrogen-bond donors (Lipinski definition) is 0. The highest BCUT2D eigenvalue weighted by atomic mass is 15.2. The van der Waals surface area contributed by atoms with Gasteiger partial charge in [-0.3, -0.25) is 0 Å². The van der Waals surface area contributed by atoms with E-state index in [1.807, 2.05) is 0 Å². The summed E-state index contributed by atoms with van der Waals surface area (Å²) in [7, 11) is 0. The van der Waals surface area contributed by atoms with E-state index in [-0.39, 0.29) is 5.54 Å². The zero-order valence-electron chi connectivity index (χ0n) is 10.9. The fraction of sp³-hybridized carbons (Fsp3) is 1.00. The Hall–Kier alpha value is -0.690. The van der Waals surface area contributed by atoms with E-state index < -0.39 is 0 Å². The van der Waals surface area contributed by atoms with E-state index in [1.165, 1.54) is 51.4 Å². The van der Waals surface area contributed by atoms with Crippen molar-refractivity contribution in [1.82, 2.24) is 0 Å². The summed E-state index contributed by atoms with van der Waals surface area (Å²) < 4.78 is 0. The van der Waals surface area contributed by atoms with Gasteiger partial charge in [-0.1, -0.05) is 31.3 Å². The quantitative estimate of drug-likeness (QED) is 0.373. The minimum absolute atomic E-state index is 0.0227. The second kappa shape index (κ2) is 3.91. The van der Waals surface area contributed by atoms with Crippen molar-refractivity contribution in [2.24, 2.45) is 22.4 Å². The van der Waals surface area contributed by atoms with Crippen LogP contribution in [0.25, 0.3) is 10.4 Å². The van der Waals surface area contributed by atoms with Crippen LogP contribution in [0.2, 0.25) is 0 Å². The number of nitrogens with zero attached hydrogens (tertiary/aromatic N) is 3. The lowest BCUT2D eigenvalue weighted by molar-refractivity contribution is 0.00716. The number of azide groups is 1. The minimum Gasteiger partial charge on any atom is -0.0864 e. The van der Waals surface area contributed by atoms with Crippen molar-refractivity contribution in [2.75, 3.05) is 0 Å². The van der Waals surface area contributed by atoms with Crippen LogP contribution >= 0.6 is 0 Å². The van der Waals surface area contributed by atoms with Crippen LogP contribution in [0.3, 0.4) is 0 Å². The lowest BCUT2D eigenvalue weighted by Gasteiger charge is -2.53. The Kier molecular flexibility index (Phi) is 2.62. The van der Waals surface area contributed by atoms with Crippen molar-refractivity contribution >= 4 is 0 Å². The first-order chi connectivity index (χ1) is 8.29. The van der Waals surface area contributed by atoms with Gasteiger partial charge in [-0.25, -0.2) is 0 Å². The van der Waals surface area contributed by atoms with Crippen molar-refractivity contribution in [3.63, 3.8) is 0 Å². The molecule has 3 nitrogen and oxygen atoms in total. The van der Waals surface area contributed by atoms with Gasteiger partial charge >= 0.3 is 0 Å². The molecule has 0 saturated heterocycles. The molecule has 2 bridgehead atoms. The summed E-state index contributed by atoms with van der Waals surface area (Å²) in [6.07, 6.45) is 11.8. The van der Waals surface area contributed by atoms with E-state index >= 15 is 0 Å². The van der Waals surface area contributed by atoms with Gasteiger partial charge in [0.2, 0.25) is 0 Å². The van der Waals surface area contributed by atoms with Gasteiger partial charge in [0, 0.05) is 4.91 Å². The molecular weight excluding hydrogens is 210 g/mol. The summed E-state index contributed by atoms with van der Waals surface area (Å²) in [5.74, 6) is 1.55. The molecule has 3 rings (SSSR count). The SMILES string of the molecule is CCC1(N=[N+]=[N-])C2CCC(C2)C12CCCCC2. The first-order valence-corrected chi connectivity index (χ1v) is 7.35. The highest BCUT2D eigenvalue weighted by Gasteiger charge is 2.65. The maximum atomic E-state index is 9.02. The topological polar surface area (TPSA) is 48.8 Å². The standard InChI is InChI=1S/C14H23N3/c1-2-14(16-17-15)12-7-6-11(10-12)13(14)8-4-3-5-9-13/h11-12H,2-10H2,1H3. The van der Waals surface area contributed by atoms with Crippen LogP contribution in [0.1, 0.15) is 64.7 Å². The van der Waals surface area contributed by atoms with Crippen molar-refractivity contribution < 1.29 is 0 Å². The molecule has 3 aliphatic carbocycles. The van der Waals surface area contributed by atoms with Crippen molar-refractivity contribution in [3.05, 3.63) is 10.4 Å². The monoisotopic (exact) mass is 233 g/mol. The van der Waals surface area contributed by atoms with Gasteiger partial charge in [-0.15, -0.1) is 0 Å². The smallest absolute Gasteiger partial charge is 0.0572 e. The molecule has 17 heavy (non-hydrogen) atoms. The third-order valence-electron chi connectivity index (χ3n) is 6.26. The fourth-order valence-electron chi connectivity index (χ4n) is 5.67. The van der Waals surface area contributed by atoms with E-state index in [2.05, 4.69) is 16.9 Å². The molecule has 0 aliphatic heterocycles. The molecule has 3 unspecified atom stereocenters. The van der Waals surface area contributed by atoms with Gasteiger partial charge < -0.3 is 0 Å². The number of rotatable bonds is 2. The van der Waals surface area contributed by atoms with Crippen LogP contribution in [0.15, 0.2) is 5.11 Å². The molecule has 3 atom stereocenters. The van der Waals surface area contributed by atoms with Crippen molar-refractivity contribution in [2.45, 2.75) is 70.3 Å². The lowest BCUT2D eigenvalue weighted by Crippen LogP contribution is -2.51. The van der Waals surface area contributed by atoms with Crippen LogP contribution < -0.4 is 0 Å². The van der Waals surface area contributed by atoms with E-state index in [0.29, 0.717) is 11.3 Å². The molecule has 0 heterocycles. The zero-order valence-corrected chi connectivity index (χ0v) is 10.9. The molecule has 0 amide bonds. The molecule has 0 aromatic carbocycles. The first-order valence-electron chi connectivity index (χ1n) is 7.35. The predicted octanol–water partition coefficient (Wildman–Crippen LogP) is 4.83. The Balaban J connectivity index is 2.06. The molecule has 0 N–H and O–H groups in total. The molecule has 1 spiro atoms. The summed E-state index contributed by atoms with van der Waals surface area (Å²) >= 11 is 0. The predicted molar refractivity (Wildman–Crippen MR) is 68.5 cm³/mol. The van der Waals surface area contributed by atoms with Crippen LogP contribution in [-0.2, 0) is 0 Å². The van der Waals surface area contributed by atoms with Crippen LogP contribution in [0.4, 0.5) is 0 Å². The minimum atomic E-state index is -0.0227. The average Bonchev–Trinajstić information content (AvgIpc) is 2.93. The third kappa shape index (κ3) is 1.26. The highest BCUT2D eigenvalue weighted by Crippen LogP contribution is 2.69. The van der Waals surface area contributed by atoms with E-state index in [9.17, 15) is 0 Å². The molecular formula is C14H23N3. The second-order valence-electron chi connectivity index (χ2n) is 6.39. The van der Waals surface area contributed by atoms with Gasteiger partial charge in [-0.05, 0) is 61.3 Å². The van der Waals surface area contributed by atoms with Crippen molar-refractivity contribution in [1.29, 1.82) is 0 Å². The maximum absolute atomic E-state index is 9.02. The molecule has 3 fully saturated rings. The van der Waals surface area contributed by atoms with Gasteiger partial charge in [0.25, 0.3) is 0 Å². The molecule has 3 saturated carbocycles. The number of hydrogen-bond acceptors (Lipinski definition) is 1. The summed E-state index contributed by atoms with van der Waals surface area (Å²) in [4.78, 5) is 3.25. The Bertz CT molecular complexity index is 352. The molecule has 0 aromatic heterocycles. The molecule has 0 aromatic rings. The Labute approximate surface area is 104 Å². The number of fused-ring (bicyclic) bond motifs is 3. The van der Waals surface area contributed by atoms with Crippen LogP contribution in [-0.4, -0.2) is 5.54 Å². The Morgan fingerprint density at radius 2 is 1.88 bits per heavy atom. The van der Waals surface area contributed by atoms with Crippen LogP contribution in [0, 0.1) is 17.3 Å². The molecule has 3 aliphatic rings. The van der Waals surface area contributed by atoms with E-state index in [1.54, 1.807) is 0 Å². The summed E-state index contributed by atoms with van der Waals surface area (Å²) in [5.41, 5.74) is 9.38. The zero-order chi connectivity index (χ0) is 11.9. The highest BCUT2D eigenvalue weighted by molar-refractivity contribution is 5.19. The van der Waals surface area contributed by atoms with Gasteiger partial charge in [0.05, 0.1) is 5.54 Å². The maximum Gasteiger partial charge on any atom is 0.0572 e. The molecule has 0 radical (unpaired) electrons. The van der Waals surface area contributed by atoms with Crippen molar-refractivity contribution in [3.8, 4) is 0 Å². The summed E-state index contributed by atoms with van der Waals surface area (Å²) in [5, 5.41) is 4.41. The largest absolute Gasteiger partial charge is 0.0864 e. The lowest BCUT2D eigenvalue weighted by atomic mass is 9.54.